The Bertz CT molecular complexity index is 602. The van der Waals surface area contributed by atoms with Gasteiger partial charge in [-0.2, -0.15) is 0 Å². The Morgan fingerprint density at radius 1 is 1.16 bits per heavy atom. The molecule has 2 aromatic rings. The highest BCUT2D eigenvalue weighted by molar-refractivity contribution is 14.1. The van der Waals surface area contributed by atoms with E-state index in [2.05, 4.69) is 5.32 Å². The fourth-order valence-corrected chi connectivity index (χ4v) is 2.18. The molecule has 0 saturated carbocycles. The molecule has 1 amide bonds. The maximum atomic E-state index is 13.5. The molecule has 0 bridgehead atoms. The van der Waals surface area contributed by atoms with E-state index in [1.165, 1.54) is 6.07 Å². The van der Waals surface area contributed by atoms with Gasteiger partial charge in [-0.15, -0.1) is 0 Å². The molecule has 0 aliphatic rings. The smallest absolute Gasteiger partial charge is 0.254 e. The normalized spacial score (nSPS) is 10.3. The Kier molecular flexibility index (Phi) is 4.47. The number of carbonyl (C=O) groups is 1. The first-order valence-corrected chi connectivity index (χ1v) is 6.62. The van der Waals surface area contributed by atoms with Crippen LogP contribution in [0.15, 0.2) is 42.5 Å². The largest absolute Gasteiger partial charge is 0.348 e. The Hall–Kier alpha value is -1.50. The molecule has 0 aliphatic carbocycles. The number of carbonyl (C=O) groups excluding carboxylic acids is 1. The Morgan fingerprint density at radius 3 is 2.53 bits per heavy atom. The number of halogens is 3. The van der Waals surface area contributed by atoms with Gasteiger partial charge in [-0.3, -0.25) is 4.79 Å². The summed E-state index contributed by atoms with van der Waals surface area (Å²) in [6, 6.07) is 11.6. The number of amides is 1. The highest BCUT2D eigenvalue weighted by atomic mass is 127. The van der Waals surface area contributed by atoms with Gasteiger partial charge in [0.15, 0.2) is 11.6 Å². The van der Waals surface area contributed by atoms with Gasteiger partial charge in [0.2, 0.25) is 0 Å². The fraction of sp³-hybridized carbons (Fsp3) is 0.0714. The highest BCUT2D eigenvalue weighted by Gasteiger charge is 2.16. The van der Waals surface area contributed by atoms with E-state index in [4.69, 9.17) is 0 Å². The summed E-state index contributed by atoms with van der Waals surface area (Å²) in [6.07, 6.45) is 0. The quantitative estimate of drug-likeness (QED) is 0.648. The molecule has 2 rings (SSSR count). The molecule has 2 nitrogen and oxygen atoms in total. The standard InChI is InChI=1S/C14H10F2INO/c15-12-7-10(17)6-11(13(12)16)14(19)18-8-9-4-2-1-3-5-9/h1-7H,8H2,(H,18,19). The number of nitrogens with one attached hydrogen (secondary N) is 1. The lowest BCUT2D eigenvalue weighted by Gasteiger charge is -2.07. The van der Waals surface area contributed by atoms with Crippen molar-refractivity contribution >= 4 is 28.5 Å². The second-order valence-electron chi connectivity index (χ2n) is 3.92. The summed E-state index contributed by atoms with van der Waals surface area (Å²) >= 11 is 1.83. The molecule has 19 heavy (non-hydrogen) atoms. The van der Waals surface area contributed by atoms with Crippen LogP contribution in [0.25, 0.3) is 0 Å². The van der Waals surface area contributed by atoms with Crippen LogP contribution in [0, 0.1) is 15.2 Å². The molecule has 0 saturated heterocycles. The van der Waals surface area contributed by atoms with E-state index in [1.807, 2.05) is 52.9 Å². The van der Waals surface area contributed by atoms with Crippen LogP contribution in [-0.4, -0.2) is 5.91 Å². The first-order valence-electron chi connectivity index (χ1n) is 5.54. The van der Waals surface area contributed by atoms with Crippen molar-refractivity contribution in [3.63, 3.8) is 0 Å². The third-order valence-electron chi connectivity index (χ3n) is 2.53. The summed E-state index contributed by atoms with van der Waals surface area (Å²) in [7, 11) is 0. The third kappa shape index (κ3) is 3.50. The van der Waals surface area contributed by atoms with Crippen LogP contribution in [0.5, 0.6) is 0 Å². The molecule has 0 radical (unpaired) electrons. The second-order valence-corrected chi connectivity index (χ2v) is 5.16. The molecule has 0 aliphatic heterocycles. The van der Waals surface area contributed by atoms with Crippen molar-refractivity contribution in [2.75, 3.05) is 0 Å². The molecule has 0 aromatic heterocycles. The lowest BCUT2D eigenvalue weighted by Crippen LogP contribution is -2.24. The van der Waals surface area contributed by atoms with Crippen molar-refractivity contribution in [3.8, 4) is 0 Å². The minimum absolute atomic E-state index is 0.270. The monoisotopic (exact) mass is 373 g/mol. The van der Waals surface area contributed by atoms with Crippen LogP contribution in [0.4, 0.5) is 8.78 Å². The van der Waals surface area contributed by atoms with E-state index in [0.29, 0.717) is 3.57 Å². The Labute approximate surface area is 123 Å². The van der Waals surface area contributed by atoms with Crippen molar-refractivity contribution < 1.29 is 13.6 Å². The van der Waals surface area contributed by atoms with Gasteiger partial charge in [0.1, 0.15) is 0 Å². The van der Waals surface area contributed by atoms with Gasteiger partial charge in [-0.05, 0) is 40.3 Å². The number of benzene rings is 2. The number of hydrogen-bond acceptors (Lipinski definition) is 1. The molecule has 5 heteroatoms. The van der Waals surface area contributed by atoms with Crippen molar-refractivity contribution in [2.45, 2.75) is 6.54 Å². The van der Waals surface area contributed by atoms with Crippen LogP contribution in [0.1, 0.15) is 15.9 Å². The van der Waals surface area contributed by atoms with Crippen molar-refractivity contribution in [3.05, 3.63) is 68.8 Å². The molecule has 0 spiro atoms. The summed E-state index contributed by atoms with van der Waals surface area (Å²) in [5.74, 6) is -2.76. The molecule has 0 heterocycles. The maximum Gasteiger partial charge on any atom is 0.254 e. The van der Waals surface area contributed by atoms with E-state index >= 15 is 0 Å². The average Bonchev–Trinajstić information content (AvgIpc) is 2.41. The fourth-order valence-electron chi connectivity index (χ4n) is 1.59. The summed E-state index contributed by atoms with van der Waals surface area (Å²) in [4.78, 5) is 11.8. The first-order chi connectivity index (χ1) is 9.08. The van der Waals surface area contributed by atoms with Gasteiger partial charge in [0.05, 0.1) is 5.56 Å². The number of hydrogen-bond donors (Lipinski definition) is 1. The van der Waals surface area contributed by atoms with Crippen LogP contribution >= 0.6 is 22.6 Å². The molecule has 0 fully saturated rings. The van der Waals surface area contributed by atoms with Gasteiger partial charge in [0, 0.05) is 10.1 Å². The minimum atomic E-state index is -1.12. The van der Waals surface area contributed by atoms with Gasteiger partial charge in [-0.1, -0.05) is 30.3 Å². The zero-order chi connectivity index (χ0) is 13.8. The van der Waals surface area contributed by atoms with Crippen molar-refractivity contribution in [1.82, 2.24) is 5.32 Å². The van der Waals surface area contributed by atoms with Gasteiger partial charge in [0.25, 0.3) is 5.91 Å². The van der Waals surface area contributed by atoms with Crippen molar-refractivity contribution in [2.24, 2.45) is 0 Å². The van der Waals surface area contributed by atoms with E-state index in [1.54, 1.807) is 0 Å². The average molecular weight is 373 g/mol. The van der Waals surface area contributed by atoms with Crippen LogP contribution in [0.3, 0.4) is 0 Å². The van der Waals surface area contributed by atoms with Gasteiger partial charge >= 0.3 is 0 Å². The lowest BCUT2D eigenvalue weighted by molar-refractivity contribution is 0.0945. The van der Waals surface area contributed by atoms with E-state index in [-0.39, 0.29) is 12.1 Å². The Morgan fingerprint density at radius 2 is 1.84 bits per heavy atom. The van der Waals surface area contributed by atoms with Crippen LogP contribution in [-0.2, 0) is 6.54 Å². The molecule has 0 atom stereocenters. The lowest BCUT2D eigenvalue weighted by atomic mass is 10.1. The predicted molar refractivity (Wildman–Crippen MR) is 76.7 cm³/mol. The highest BCUT2D eigenvalue weighted by Crippen LogP contribution is 2.16. The number of rotatable bonds is 3. The molecule has 1 N–H and O–H groups in total. The van der Waals surface area contributed by atoms with E-state index in [0.717, 1.165) is 11.6 Å². The van der Waals surface area contributed by atoms with Crippen LogP contribution in [0.2, 0.25) is 0 Å². The van der Waals surface area contributed by atoms with Gasteiger partial charge < -0.3 is 5.32 Å². The molecular weight excluding hydrogens is 363 g/mol. The Balaban J connectivity index is 2.13. The van der Waals surface area contributed by atoms with Crippen molar-refractivity contribution in [1.29, 1.82) is 0 Å². The topological polar surface area (TPSA) is 29.1 Å². The zero-order valence-corrected chi connectivity index (χ0v) is 11.9. The van der Waals surface area contributed by atoms with E-state index in [9.17, 15) is 13.6 Å². The summed E-state index contributed by atoms with van der Waals surface area (Å²) < 4.78 is 27.2. The van der Waals surface area contributed by atoms with Gasteiger partial charge in [-0.25, -0.2) is 8.78 Å². The summed E-state index contributed by atoms with van der Waals surface area (Å²) in [5.41, 5.74) is 0.614. The summed E-state index contributed by atoms with van der Waals surface area (Å²) in [6.45, 7) is 0.270. The molecular formula is C14H10F2INO. The first kappa shape index (κ1) is 13.9. The molecule has 98 valence electrons. The summed E-state index contributed by atoms with van der Waals surface area (Å²) in [5, 5.41) is 2.56. The molecule has 0 unspecified atom stereocenters. The SMILES string of the molecule is O=C(NCc1ccccc1)c1cc(I)cc(F)c1F. The maximum absolute atomic E-state index is 13.5. The second kappa shape index (κ2) is 6.10. The van der Waals surface area contributed by atoms with Crippen LogP contribution < -0.4 is 5.32 Å². The third-order valence-corrected chi connectivity index (χ3v) is 3.16. The molecule has 2 aromatic carbocycles. The van der Waals surface area contributed by atoms with E-state index < -0.39 is 17.5 Å². The minimum Gasteiger partial charge on any atom is -0.348 e. The zero-order valence-electron chi connectivity index (χ0n) is 9.79. The predicted octanol–water partition coefficient (Wildman–Crippen LogP) is 3.50.